The van der Waals surface area contributed by atoms with E-state index >= 15 is 0 Å². The smallest absolute Gasteiger partial charge is 0.123 e. The van der Waals surface area contributed by atoms with E-state index in [4.69, 9.17) is 11.1 Å². The normalized spacial score (nSPS) is 17.9. The zero-order valence-corrected chi connectivity index (χ0v) is 13.6. The Morgan fingerprint density at radius 2 is 2.25 bits per heavy atom. The first kappa shape index (κ1) is 13.6. The monoisotopic (exact) mass is 349 g/mol. The van der Waals surface area contributed by atoms with Crippen molar-refractivity contribution in [1.82, 2.24) is 0 Å². The zero-order valence-electron chi connectivity index (χ0n) is 11.2. The predicted molar refractivity (Wildman–Crippen MR) is 88.9 cm³/mol. The highest BCUT2D eigenvalue weighted by Crippen LogP contribution is 2.37. The lowest BCUT2D eigenvalue weighted by Gasteiger charge is -2.35. The van der Waals surface area contributed by atoms with E-state index in [0.29, 0.717) is 6.04 Å². The molecule has 0 saturated carbocycles. The molecule has 0 amide bonds. The van der Waals surface area contributed by atoms with E-state index in [0.717, 1.165) is 23.0 Å². The van der Waals surface area contributed by atoms with Gasteiger partial charge in [-0.25, -0.2) is 0 Å². The molecule has 0 radical (unpaired) electrons. The molecule has 0 spiro atoms. The summed E-state index contributed by atoms with van der Waals surface area (Å²) in [6.45, 7) is 3.28. The number of rotatable bonds is 2. The van der Waals surface area contributed by atoms with Crippen LogP contribution in [-0.4, -0.2) is 12.4 Å². The molecule has 1 atom stereocenters. The summed E-state index contributed by atoms with van der Waals surface area (Å²) >= 11 is 5.37. The molecule has 3 rings (SSSR count). The van der Waals surface area contributed by atoms with Gasteiger partial charge in [-0.1, -0.05) is 0 Å². The van der Waals surface area contributed by atoms with E-state index in [-0.39, 0.29) is 5.84 Å². The molecule has 1 aromatic carbocycles. The topological polar surface area (TPSA) is 53.1 Å². The van der Waals surface area contributed by atoms with Crippen molar-refractivity contribution >= 4 is 38.8 Å². The van der Waals surface area contributed by atoms with Gasteiger partial charge in [-0.15, -0.1) is 11.3 Å². The molecule has 5 heteroatoms. The Labute approximate surface area is 131 Å². The maximum Gasteiger partial charge on any atom is 0.123 e. The summed E-state index contributed by atoms with van der Waals surface area (Å²) in [5.41, 5.74) is 8.92. The molecule has 104 valence electrons. The molecule has 20 heavy (non-hydrogen) atoms. The number of fused-ring (bicyclic) bond motifs is 1. The number of amidine groups is 1. The molecule has 3 nitrogen and oxygen atoms in total. The van der Waals surface area contributed by atoms with E-state index in [1.807, 2.05) is 17.4 Å². The van der Waals surface area contributed by atoms with Crippen molar-refractivity contribution in [2.75, 3.05) is 11.4 Å². The SMILES string of the molecule is CC1c2ccsc2CCN1c1ccc(C(=N)N)c(Br)c1. The quantitative estimate of drug-likeness (QED) is 0.637. The van der Waals surface area contributed by atoms with Crippen LogP contribution in [0.15, 0.2) is 34.1 Å². The highest BCUT2D eigenvalue weighted by molar-refractivity contribution is 9.10. The van der Waals surface area contributed by atoms with Gasteiger partial charge >= 0.3 is 0 Å². The van der Waals surface area contributed by atoms with Gasteiger partial charge in [-0.05, 0) is 64.5 Å². The van der Waals surface area contributed by atoms with Crippen LogP contribution in [-0.2, 0) is 6.42 Å². The number of anilines is 1. The van der Waals surface area contributed by atoms with Crippen LogP contribution >= 0.6 is 27.3 Å². The van der Waals surface area contributed by atoms with E-state index < -0.39 is 0 Å². The van der Waals surface area contributed by atoms with Crippen LogP contribution in [0.4, 0.5) is 5.69 Å². The molecule has 0 saturated heterocycles. The third-order valence-electron chi connectivity index (χ3n) is 3.85. The maximum absolute atomic E-state index is 7.54. The molecule has 0 aliphatic carbocycles. The number of nitrogens with two attached hydrogens (primary N) is 1. The Kier molecular flexibility index (Phi) is 3.56. The predicted octanol–water partition coefficient (Wildman–Crippen LogP) is 3.92. The summed E-state index contributed by atoms with van der Waals surface area (Å²) in [6.07, 6.45) is 1.10. The maximum atomic E-state index is 7.54. The third kappa shape index (κ3) is 2.25. The second-order valence-corrected chi connectivity index (χ2v) is 6.85. The summed E-state index contributed by atoms with van der Waals surface area (Å²) in [7, 11) is 0. The number of hydrogen-bond donors (Lipinski definition) is 2. The van der Waals surface area contributed by atoms with Gasteiger partial charge in [0.25, 0.3) is 0 Å². The summed E-state index contributed by atoms with van der Waals surface area (Å²) in [6, 6.07) is 8.65. The Balaban J connectivity index is 1.95. The first-order valence-electron chi connectivity index (χ1n) is 6.55. The lowest BCUT2D eigenvalue weighted by atomic mass is 10.0. The number of thiophene rings is 1. The molecule has 2 heterocycles. The molecule has 1 aliphatic heterocycles. The van der Waals surface area contributed by atoms with Gasteiger partial charge in [-0.3, -0.25) is 5.41 Å². The van der Waals surface area contributed by atoms with Crippen molar-refractivity contribution in [1.29, 1.82) is 5.41 Å². The zero-order chi connectivity index (χ0) is 14.3. The van der Waals surface area contributed by atoms with Crippen molar-refractivity contribution < 1.29 is 0 Å². The standard InChI is InChI=1S/C15H16BrN3S/c1-9-11-5-7-20-14(11)4-6-19(9)10-2-3-12(15(17)18)13(16)8-10/h2-3,5,7-9H,4,6H2,1H3,(H3,17,18). The van der Waals surface area contributed by atoms with Gasteiger partial charge < -0.3 is 10.6 Å². The molecular formula is C15H16BrN3S. The number of hydrogen-bond acceptors (Lipinski definition) is 3. The number of halogens is 1. The molecule has 3 N–H and O–H groups in total. The van der Waals surface area contributed by atoms with Crippen LogP contribution < -0.4 is 10.6 Å². The molecule has 0 bridgehead atoms. The summed E-state index contributed by atoms with van der Waals surface area (Å²) < 4.78 is 0.880. The average Bonchev–Trinajstić information content (AvgIpc) is 2.87. The lowest BCUT2D eigenvalue weighted by molar-refractivity contribution is 0.633. The van der Waals surface area contributed by atoms with Crippen LogP contribution in [0.5, 0.6) is 0 Å². The van der Waals surface area contributed by atoms with Crippen LogP contribution in [0.3, 0.4) is 0 Å². The first-order valence-corrected chi connectivity index (χ1v) is 8.22. The molecule has 1 aromatic heterocycles. The number of nitrogen functional groups attached to an aromatic ring is 1. The Morgan fingerprint density at radius 1 is 1.45 bits per heavy atom. The first-order chi connectivity index (χ1) is 9.58. The molecule has 0 fully saturated rings. The Bertz CT molecular complexity index is 665. The van der Waals surface area contributed by atoms with Crippen LogP contribution in [0.2, 0.25) is 0 Å². The van der Waals surface area contributed by atoms with Crippen molar-refractivity contribution in [3.05, 3.63) is 50.1 Å². The third-order valence-corrected chi connectivity index (χ3v) is 5.50. The van der Waals surface area contributed by atoms with Crippen LogP contribution in [0, 0.1) is 5.41 Å². The highest BCUT2D eigenvalue weighted by atomic mass is 79.9. The molecular weight excluding hydrogens is 334 g/mol. The summed E-state index contributed by atoms with van der Waals surface area (Å²) in [5.74, 6) is 0.0928. The fraction of sp³-hybridized carbons (Fsp3) is 0.267. The number of nitrogens with zero attached hydrogens (tertiary/aromatic N) is 1. The van der Waals surface area contributed by atoms with Gasteiger partial charge in [-0.2, -0.15) is 0 Å². The molecule has 2 aromatic rings. The number of benzene rings is 1. The van der Waals surface area contributed by atoms with E-state index in [1.165, 1.54) is 16.1 Å². The second-order valence-electron chi connectivity index (χ2n) is 5.00. The second kappa shape index (κ2) is 5.22. The van der Waals surface area contributed by atoms with E-state index in [2.05, 4.69) is 51.3 Å². The van der Waals surface area contributed by atoms with Crippen LogP contribution in [0.25, 0.3) is 0 Å². The largest absolute Gasteiger partial charge is 0.384 e. The van der Waals surface area contributed by atoms with Gasteiger partial charge in [0.2, 0.25) is 0 Å². The van der Waals surface area contributed by atoms with Crippen molar-refractivity contribution in [3.63, 3.8) is 0 Å². The van der Waals surface area contributed by atoms with Crippen molar-refractivity contribution in [2.45, 2.75) is 19.4 Å². The minimum atomic E-state index is 0.0928. The lowest BCUT2D eigenvalue weighted by Crippen LogP contribution is -2.33. The summed E-state index contributed by atoms with van der Waals surface area (Å²) in [4.78, 5) is 3.91. The van der Waals surface area contributed by atoms with Crippen molar-refractivity contribution in [2.24, 2.45) is 5.73 Å². The van der Waals surface area contributed by atoms with Gasteiger partial charge in [0.1, 0.15) is 5.84 Å². The van der Waals surface area contributed by atoms with Crippen LogP contribution in [0.1, 0.15) is 29.0 Å². The highest BCUT2D eigenvalue weighted by Gasteiger charge is 2.25. The van der Waals surface area contributed by atoms with E-state index in [1.54, 1.807) is 0 Å². The van der Waals surface area contributed by atoms with Gasteiger partial charge in [0, 0.05) is 27.1 Å². The molecule has 1 aliphatic rings. The van der Waals surface area contributed by atoms with Gasteiger partial charge in [0.15, 0.2) is 0 Å². The van der Waals surface area contributed by atoms with E-state index in [9.17, 15) is 0 Å². The van der Waals surface area contributed by atoms with Crippen molar-refractivity contribution in [3.8, 4) is 0 Å². The Hall–Kier alpha value is -1.33. The minimum Gasteiger partial charge on any atom is -0.384 e. The molecule has 1 unspecified atom stereocenters. The minimum absolute atomic E-state index is 0.0928. The Morgan fingerprint density at radius 3 is 2.95 bits per heavy atom. The number of nitrogens with one attached hydrogen (secondary N) is 1. The average molecular weight is 350 g/mol. The fourth-order valence-electron chi connectivity index (χ4n) is 2.76. The fourth-order valence-corrected chi connectivity index (χ4v) is 4.31. The van der Waals surface area contributed by atoms with Gasteiger partial charge in [0.05, 0.1) is 6.04 Å². The summed E-state index contributed by atoms with van der Waals surface area (Å²) in [5, 5.41) is 9.72.